The Kier molecular flexibility index (Phi) is 8.67. The molecule has 0 aliphatic carbocycles. The molecule has 0 aliphatic rings. The van der Waals surface area contributed by atoms with Gasteiger partial charge in [0.25, 0.3) is 0 Å². The third kappa shape index (κ3) is 6.12. The summed E-state index contributed by atoms with van der Waals surface area (Å²) in [6.07, 6.45) is 2.36. The Bertz CT molecular complexity index is 352. The quantitative estimate of drug-likeness (QED) is 0.709. The predicted octanol–water partition coefficient (Wildman–Crippen LogP) is 3.89. The minimum atomic E-state index is 0.636. The molecular weight excluding hydrogens is 272 g/mol. The van der Waals surface area contributed by atoms with E-state index in [1.165, 1.54) is 12.8 Å². The topological polar surface area (TPSA) is 24.5 Å². The first-order chi connectivity index (χ1) is 9.71. The first-order valence-electron chi connectivity index (χ1n) is 7.43. The molecule has 1 rings (SSSR count). The molecule has 0 saturated carbocycles. The predicted molar refractivity (Wildman–Crippen MR) is 87.8 cm³/mol. The van der Waals surface area contributed by atoms with Crippen LogP contribution in [0.5, 0.6) is 0 Å². The number of nitrogens with one attached hydrogen (secondary N) is 1. The average Bonchev–Trinajstić information content (AvgIpc) is 2.47. The van der Waals surface area contributed by atoms with Crippen LogP contribution in [0.15, 0.2) is 24.3 Å². The second kappa shape index (κ2) is 10.0. The van der Waals surface area contributed by atoms with E-state index in [0.717, 1.165) is 37.0 Å². The Labute approximate surface area is 128 Å². The number of halogens is 1. The van der Waals surface area contributed by atoms with Gasteiger partial charge in [-0.1, -0.05) is 25.4 Å². The van der Waals surface area contributed by atoms with E-state index in [0.29, 0.717) is 6.04 Å². The normalized spacial score (nSPS) is 11.3. The Morgan fingerprint density at radius 3 is 2.35 bits per heavy atom. The summed E-state index contributed by atoms with van der Waals surface area (Å²) in [6, 6.07) is 8.48. The molecule has 0 bridgehead atoms. The maximum Gasteiger partial charge on any atom is 0.0589 e. The van der Waals surface area contributed by atoms with E-state index in [4.69, 9.17) is 16.3 Å². The van der Waals surface area contributed by atoms with Crippen LogP contribution in [0, 0.1) is 0 Å². The van der Waals surface area contributed by atoms with Gasteiger partial charge in [-0.15, -0.1) is 0 Å². The number of hydrogen-bond donors (Lipinski definition) is 1. The summed E-state index contributed by atoms with van der Waals surface area (Å²) in [6.45, 7) is 8.24. The highest BCUT2D eigenvalue weighted by Gasteiger charge is 2.14. The van der Waals surface area contributed by atoms with Gasteiger partial charge in [0, 0.05) is 43.5 Å². The lowest BCUT2D eigenvalue weighted by Crippen LogP contribution is -2.40. The number of hydrogen-bond acceptors (Lipinski definition) is 3. The van der Waals surface area contributed by atoms with E-state index < -0.39 is 0 Å². The highest BCUT2D eigenvalue weighted by Crippen LogP contribution is 2.13. The first-order valence-corrected chi connectivity index (χ1v) is 7.81. The van der Waals surface area contributed by atoms with Gasteiger partial charge in [0.05, 0.1) is 6.61 Å². The molecule has 0 aromatic heterocycles. The Morgan fingerprint density at radius 1 is 1.15 bits per heavy atom. The summed E-state index contributed by atoms with van der Waals surface area (Å²) in [5.41, 5.74) is 1.12. The van der Waals surface area contributed by atoms with E-state index in [1.807, 2.05) is 24.3 Å². The number of rotatable bonds is 10. The molecule has 0 unspecified atom stereocenters. The van der Waals surface area contributed by atoms with Gasteiger partial charge >= 0.3 is 0 Å². The molecular formula is C16H27ClN2O. The summed E-state index contributed by atoms with van der Waals surface area (Å²) in [4.78, 5) is 2.51. The SMILES string of the molecule is CCC(CC)N(CCNc1ccc(Cl)cc1)CCOC. The van der Waals surface area contributed by atoms with Crippen molar-refractivity contribution in [2.24, 2.45) is 0 Å². The zero-order chi connectivity index (χ0) is 14.8. The molecule has 1 aromatic rings. The Morgan fingerprint density at radius 2 is 1.80 bits per heavy atom. The summed E-state index contributed by atoms with van der Waals surface area (Å²) in [7, 11) is 1.76. The van der Waals surface area contributed by atoms with Crippen molar-refractivity contribution >= 4 is 17.3 Å². The summed E-state index contributed by atoms with van der Waals surface area (Å²) in [5.74, 6) is 0. The van der Waals surface area contributed by atoms with Crippen LogP contribution in [-0.4, -0.2) is 44.3 Å². The largest absolute Gasteiger partial charge is 0.384 e. The van der Waals surface area contributed by atoms with Crippen LogP contribution in [0.25, 0.3) is 0 Å². The van der Waals surface area contributed by atoms with Gasteiger partial charge in [-0.25, -0.2) is 0 Å². The molecule has 20 heavy (non-hydrogen) atoms. The maximum absolute atomic E-state index is 5.88. The van der Waals surface area contributed by atoms with E-state index in [9.17, 15) is 0 Å². The molecule has 0 radical (unpaired) electrons. The standard InChI is InChI=1S/C16H27ClN2O/c1-4-16(5-2)19(12-13-20-3)11-10-18-15-8-6-14(17)7-9-15/h6-9,16,18H,4-5,10-13H2,1-3H3. The lowest BCUT2D eigenvalue weighted by Gasteiger charge is -2.30. The molecule has 0 amide bonds. The van der Waals surface area contributed by atoms with Crippen molar-refractivity contribution in [2.75, 3.05) is 38.7 Å². The lowest BCUT2D eigenvalue weighted by molar-refractivity contribution is 0.118. The van der Waals surface area contributed by atoms with Crippen LogP contribution in [-0.2, 0) is 4.74 Å². The molecule has 1 aromatic carbocycles. The van der Waals surface area contributed by atoms with E-state index in [1.54, 1.807) is 7.11 Å². The van der Waals surface area contributed by atoms with Crippen LogP contribution in [0.1, 0.15) is 26.7 Å². The highest BCUT2D eigenvalue weighted by molar-refractivity contribution is 6.30. The van der Waals surface area contributed by atoms with Gasteiger partial charge in [-0.2, -0.15) is 0 Å². The molecule has 4 heteroatoms. The average molecular weight is 299 g/mol. The smallest absolute Gasteiger partial charge is 0.0589 e. The van der Waals surface area contributed by atoms with Crippen molar-refractivity contribution < 1.29 is 4.74 Å². The van der Waals surface area contributed by atoms with Crippen molar-refractivity contribution in [1.29, 1.82) is 0 Å². The van der Waals surface area contributed by atoms with E-state index in [-0.39, 0.29) is 0 Å². The van der Waals surface area contributed by atoms with Gasteiger partial charge in [0.15, 0.2) is 0 Å². The fourth-order valence-corrected chi connectivity index (χ4v) is 2.53. The first kappa shape index (κ1) is 17.3. The molecule has 0 heterocycles. The minimum Gasteiger partial charge on any atom is -0.384 e. The van der Waals surface area contributed by atoms with Crippen molar-refractivity contribution in [3.8, 4) is 0 Å². The number of nitrogens with zero attached hydrogens (tertiary/aromatic N) is 1. The Balaban J connectivity index is 2.42. The Hall–Kier alpha value is -0.770. The highest BCUT2D eigenvalue weighted by atomic mass is 35.5. The molecule has 0 atom stereocenters. The molecule has 0 fully saturated rings. The molecule has 0 aliphatic heterocycles. The van der Waals surface area contributed by atoms with Gasteiger partial charge in [0.1, 0.15) is 0 Å². The maximum atomic E-state index is 5.88. The van der Waals surface area contributed by atoms with E-state index >= 15 is 0 Å². The van der Waals surface area contributed by atoms with Crippen LogP contribution in [0.4, 0.5) is 5.69 Å². The van der Waals surface area contributed by atoms with Crippen molar-refractivity contribution in [2.45, 2.75) is 32.7 Å². The van der Waals surface area contributed by atoms with Gasteiger partial charge in [0.2, 0.25) is 0 Å². The monoisotopic (exact) mass is 298 g/mol. The van der Waals surface area contributed by atoms with Crippen molar-refractivity contribution in [3.63, 3.8) is 0 Å². The van der Waals surface area contributed by atoms with Crippen LogP contribution >= 0.6 is 11.6 Å². The van der Waals surface area contributed by atoms with Gasteiger partial charge < -0.3 is 10.1 Å². The number of methoxy groups -OCH3 is 1. The summed E-state index contributed by atoms with van der Waals surface area (Å²) < 4.78 is 5.21. The third-order valence-electron chi connectivity index (χ3n) is 3.61. The van der Waals surface area contributed by atoms with Gasteiger partial charge in [-0.05, 0) is 37.1 Å². The molecule has 1 N–H and O–H groups in total. The number of benzene rings is 1. The number of ether oxygens (including phenoxy) is 1. The molecule has 114 valence electrons. The second-order valence-electron chi connectivity index (χ2n) is 4.93. The lowest BCUT2D eigenvalue weighted by atomic mass is 10.1. The zero-order valence-corrected chi connectivity index (χ0v) is 13.6. The third-order valence-corrected chi connectivity index (χ3v) is 3.87. The minimum absolute atomic E-state index is 0.636. The van der Waals surface area contributed by atoms with Gasteiger partial charge in [-0.3, -0.25) is 4.90 Å². The molecule has 0 spiro atoms. The molecule has 0 saturated heterocycles. The fourth-order valence-electron chi connectivity index (χ4n) is 2.40. The van der Waals surface area contributed by atoms with Crippen LogP contribution in [0.3, 0.4) is 0 Å². The van der Waals surface area contributed by atoms with E-state index in [2.05, 4.69) is 24.1 Å². The second-order valence-corrected chi connectivity index (χ2v) is 5.37. The molecule has 3 nitrogen and oxygen atoms in total. The van der Waals surface area contributed by atoms with Crippen molar-refractivity contribution in [3.05, 3.63) is 29.3 Å². The summed E-state index contributed by atoms with van der Waals surface area (Å²) in [5, 5.41) is 4.21. The summed E-state index contributed by atoms with van der Waals surface area (Å²) >= 11 is 5.88. The van der Waals surface area contributed by atoms with Crippen LogP contribution in [0.2, 0.25) is 5.02 Å². The number of anilines is 1. The van der Waals surface area contributed by atoms with Crippen molar-refractivity contribution in [1.82, 2.24) is 4.90 Å². The zero-order valence-electron chi connectivity index (χ0n) is 12.9. The fraction of sp³-hybridized carbons (Fsp3) is 0.625. The van der Waals surface area contributed by atoms with Crippen LogP contribution < -0.4 is 5.32 Å².